The molecule has 0 amide bonds. The molecule has 1 unspecified atom stereocenters. The van der Waals surface area contributed by atoms with Gasteiger partial charge in [-0.05, 0) is 57.9 Å². The molecule has 1 aromatic carbocycles. The van der Waals surface area contributed by atoms with E-state index in [0.29, 0.717) is 6.54 Å². The van der Waals surface area contributed by atoms with Crippen molar-refractivity contribution >= 4 is 0 Å². The highest BCUT2D eigenvalue weighted by atomic mass is 16.3. The van der Waals surface area contributed by atoms with Crippen LogP contribution in [0.2, 0.25) is 0 Å². The predicted octanol–water partition coefficient (Wildman–Crippen LogP) is 1.83. The topological polar surface area (TPSA) is 35.5 Å². The molecule has 1 aliphatic heterocycles. The lowest BCUT2D eigenvalue weighted by Crippen LogP contribution is -2.40. The van der Waals surface area contributed by atoms with Gasteiger partial charge in [-0.25, -0.2) is 0 Å². The lowest BCUT2D eigenvalue weighted by atomic mass is 9.94. The summed E-state index contributed by atoms with van der Waals surface area (Å²) in [5.41, 5.74) is 0.193. The van der Waals surface area contributed by atoms with Crippen molar-refractivity contribution < 1.29 is 5.11 Å². The Morgan fingerprint density at radius 3 is 2.53 bits per heavy atom. The van der Waals surface area contributed by atoms with Crippen LogP contribution >= 0.6 is 0 Å². The van der Waals surface area contributed by atoms with E-state index in [9.17, 15) is 5.11 Å². The normalized spacial score (nSPS) is 21.2. The van der Waals surface area contributed by atoms with Crippen LogP contribution in [0, 0.1) is 5.92 Å². The Morgan fingerprint density at radius 1 is 1.26 bits per heavy atom. The van der Waals surface area contributed by atoms with Crippen molar-refractivity contribution in [3.05, 3.63) is 35.9 Å². The molecule has 3 heteroatoms. The zero-order valence-corrected chi connectivity index (χ0v) is 12.1. The molecule has 106 valence electrons. The Hall–Kier alpha value is -0.900. The first-order valence-electron chi connectivity index (χ1n) is 7.25. The smallest absolute Gasteiger partial charge is 0.0992 e. The summed E-state index contributed by atoms with van der Waals surface area (Å²) in [4.78, 5) is 2.39. The zero-order valence-electron chi connectivity index (χ0n) is 12.1. The van der Waals surface area contributed by atoms with Crippen LogP contribution < -0.4 is 5.32 Å². The van der Waals surface area contributed by atoms with Gasteiger partial charge < -0.3 is 15.3 Å². The van der Waals surface area contributed by atoms with Gasteiger partial charge in [-0.2, -0.15) is 0 Å². The summed E-state index contributed by atoms with van der Waals surface area (Å²) >= 11 is 0. The molecule has 2 rings (SSSR count). The summed E-state index contributed by atoms with van der Waals surface area (Å²) in [5.74, 6) is 0.753. The van der Waals surface area contributed by atoms with Crippen molar-refractivity contribution in [2.24, 2.45) is 5.92 Å². The average molecular weight is 262 g/mol. The van der Waals surface area contributed by atoms with Crippen molar-refractivity contribution in [2.75, 3.05) is 33.2 Å². The van der Waals surface area contributed by atoms with Gasteiger partial charge in [0.05, 0.1) is 5.60 Å². The SMILES string of the molecule is CN1CCC(CNCC(C)(O)c2ccccc2)CC1. The third-order valence-electron chi connectivity index (χ3n) is 4.14. The fourth-order valence-electron chi connectivity index (χ4n) is 2.69. The Bertz CT molecular complexity index is 370. The van der Waals surface area contributed by atoms with Crippen molar-refractivity contribution in [3.63, 3.8) is 0 Å². The molecule has 0 aliphatic carbocycles. The first-order chi connectivity index (χ1) is 9.08. The van der Waals surface area contributed by atoms with E-state index < -0.39 is 5.60 Å². The largest absolute Gasteiger partial charge is 0.384 e. The van der Waals surface area contributed by atoms with Crippen LogP contribution in [-0.4, -0.2) is 43.2 Å². The van der Waals surface area contributed by atoms with Gasteiger partial charge in [0.1, 0.15) is 0 Å². The molecular formula is C16H26N2O. The van der Waals surface area contributed by atoms with Gasteiger partial charge in [0.25, 0.3) is 0 Å². The molecule has 0 saturated carbocycles. The van der Waals surface area contributed by atoms with Crippen molar-refractivity contribution in [2.45, 2.75) is 25.4 Å². The summed E-state index contributed by atoms with van der Waals surface area (Å²) in [6, 6.07) is 9.89. The highest BCUT2D eigenvalue weighted by molar-refractivity contribution is 5.21. The fraction of sp³-hybridized carbons (Fsp3) is 0.625. The van der Waals surface area contributed by atoms with Crippen LogP contribution in [0.1, 0.15) is 25.3 Å². The molecule has 3 nitrogen and oxygen atoms in total. The van der Waals surface area contributed by atoms with E-state index in [-0.39, 0.29) is 0 Å². The van der Waals surface area contributed by atoms with E-state index in [1.54, 1.807) is 0 Å². The predicted molar refractivity (Wildman–Crippen MR) is 79.1 cm³/mol. The Kier molecular flexibility index (Phi) is 4.97. The Morgan fingerprint density at radius 2 is 1.89 bits per heavy atom. The number of hydrogen-bond acceptors (Lipinski definition) is 3. The Balaban J connectivity index is 1.76. The lowest BCUT2D eigenvalue weighted by molar-refractivity contribution is 0.0549. The maximum absolute atomic E-state index is 10.5. The summed E-state index contributed by atoms with van der Waals surface area (Å²) in [6.45, 7) is 5.90. The van der Waals surface area contributed by atoms with E-state index in [1.165, 1.54) is 25.9 Å². The number of aliphatic hydroxyl groups is 1. The molecule has 0 bridgehead atoms. The second-order valence-electron chi connectivity index (χ2n) is 6.02. The fourth-order valence-corrected chi connectivity index (χ4v) is 2.69. The number of hydrogen-bond donors (Lipinski definition) is 2. The summed E-state index contributed by atoms with van der Waals surface area (Å²) in [7, 11) is 2.18. The molecule has 1 atom stereocenters. The molecule has 0 spiro atoms. The second-order valence-corrected chi connectivity index (χ2v) is 6.02. The number of likely N-dealkylation sites (tertiary alicyclic amines) is 1. The van der Waals surface area contributed by atoms with Gasteiger partial charge in [0.15, 0.2) is 0 Å². The maximum Gasteiger partial charge on any atom is 0.0992 e. The van der Waals surface area contributed by atoms with Gasteiger partial charge in [0, 0.05) is 6.54 Å². The summed E-state index contributed by atoms with van der Waals surface area (Å²) < 4.78 is 0. The average Bonchev–Trinajstić information content (AvgIpc) is 2.42. The van der Waals surface area contributed by atoms with Crippen LogP contribution in [0.4, 0.5) is 0 Å². The molecule has 1 heterocycles. The van der Waals surface area contributed by atoms with Crippen LogP contribution in [0.15, 0.2) is 30.3 Å². The molecular weight excluding hydrogens is 236 g/mol. The number of rotatable bonds is 5. The highest BCUT2D eigenvalue weighted by Crippen LogP contribution is 2.20. The van der Waals surface area contributed by atoms with Crippen LogP contribution in [0.3, 0.4) is 0 Å². The second kappa shape index (κ2) is 6.51. The molecule has 1 fully saturated rings. The quantitative estimate of drug-likeness (QED) is 0.850. The van der Waals surface area contributed by atoms with Crippen LogP contribution in [0.25, 0.3) is 0 Å². The molecule has 2 N–H and O–H groups in total. The van der Waals surface area contributed by atoms with Crippen molar-refractivity contribution in [1.82, 2.24) is 10.2 Å². The number of nitrogens with one attached hydrogen (secondary N) is 1. The number of piperidine rings is 1. The first kappa shape index (κ1) is 14.5. The Labute approximate surface area is 116 Å². The third-order valence-corrected chi connectivity index (χ3v) is 4.14. The minimum Gasteiger partial charge on any atom is -0.384 e. The minimum atomic E-state index is -0.785. The van der Waals surface area contributed by atoms with Gasteiger partial charge in [0.2, 0.25) is 0 Å². The van der Waals surface area contributed by atoms with E-state index in [1.807, 2.05) is 37.3 Å². The first-order valence-corrected chi connectivity index (χ1v) is 7.25. The van der Waals surface area contributed by atoms with Gasteiger partial charge in [-0.1, -0.05) is 30.3 Å². The number of benzene rings is 1. The highest BCUT2D eigenvalue weighted by Gasteiger charge is 2.23. The van der Waals surface area contributed by atoms with Gasteiger partial charge in [-0.15, -0.1) is 0 Å². The van der Waals surface area contributed by atoms with E-state index in [0.717, 1.165) is 18.0 Å². The number of nitrogens with zero attached hydrogens (tertiary/aromatic N) is 1. The maximum atomic E-state index is 10.5. The zero-order chi connectivity index (χ0) is 13.7. The third kappa shape index (κ3) is 4.30. The monoisotopic (exact) mass is 262 g/mol. The summed E-state index contributed by atoms with van der Waals surface area (Å²) in [5, 5.41) is 13.9. The van der Waals surface area contributed by atoms with E-state index in [2.05, 4.69) is 17.3 Å². The van der Waals surface area contributed by atoms with Crippen molar-refractivity contribution in [3.8, 4) is 0 Å². The van der Waals surface area contributed by atoms with E-state index >= 15 is 0 Å². The van der Waals surface area contributed by atoms with Crippen molar-refractivity contribution in [1.29, 1.82) is 0 Å². The minimum absolute atomic E-state index is 0.614. The van der Waals surface area contributed by atoms with Gasteiger partial charge in [-0.3, -0.25) is 0 Å². The standard InChI is InChI=1S/C16H26N2O/c1-16(19,15-6-4-3-5-7-15)13-17-12-14-8-10-18(2)11-9-14/h3-7,14,17,19H,8-13H2,1-2H3. The molecule has 1 aromatic rings. The summed E-state index contributed by atoms with van der Waals surface area (Å²) in [6.07, 6.45) is 2.52. The van der Waals surface area contributed by atoms with Gasteiger partial charge >= 0.3 is 0 Å². The molecule has 1 aliphatic rings. The molecule has 0 radical (unpaired) electrons. The van der Waals surface area contributed by atoms with Crippen LogP contribution in [0.5, 0.6) is 0 Å². The molecule has 0 aromatic heterocycles. The van der Waals surface area contributed by atoms with Crippen LogP contribution in [-0.2, 0) is 5.60 Å². The molecule has 1 saturated heterocycles. The lowest BCUT2D eigenvalue weighted by Gasteiger charge is -2.30. The molecule has 19 heavy (non-hydrogen) atoms. The van der Waals surface area contributed by atoms with E-state index in [4.69, 9.17) is 0 Å².